The summed E-state index contributed by atoms with van der Waals surface area (Å²) in [5.41, 5.74) is 2.55. The van der Waals surface area contributed by atoms with Gasteiger partial charge in [0.2, 0.25) is 0 Å². The standard InChI is InChI=1S/C23H30N2O3/c1-5-7-14-28-20-13-12-17(15-21(20)27-4)22-24-19-11-9-8-10-18(19)23(26)25(22)16(3)6-2/h8-13,15-16,22,24H,5-7,14H2,1-4H3. The van der Waals surface area contributed by atoms with Crippen LogP contribution in [0.15, 0.2) is 42.5 Å². The molecule has 150 valence electrons. The van der Waals surface area contributed by atoms with Crippen LogP contribution in [0.4, 0.5) is 5.69 Å². The number of carbonyl (C=O) groups is 1. The van der Waals surface area contributed by atoms with Crippen molar-refractivity contribution in [1.82, 2.24) is 4.90 Å². The smallest absolute Gasteiger partial charge is 0.258 e. The summed E-state index contributed by atoms with van der Waals surface area (Å²) in [6, 6.07) is 13.7. The Bertz CT molecular complexity index is 821. The van der Waals surface area contributed by atoms with Crippen LogP contribution < -0.4 is 14.8 Å². The molecule has 0 bridgehead atoms. The van der Waals surface area contributed by atoms with E-state index in [0.29, 0.717) is 17.9 Å². The van der Waals surface area contributed by atoms with E-state index in [9.17, 15) is 4.79 Å². The summed E-state index contributed by atoms with van der Waals surface area (Å²) < 4.78 is 11.4. The van der Waals surface area contributed by atoms with E-state index in [-0.39, 0.29) is 18.1 Å². The minimum Gasteiger partial charge on any atom is -0.493 e. The predicted molar refractivity (Wildman–Crippen MR) is 112 cm³/mol. The highest BCUT2D eigenvalue weighted by Gasteiger charge is 2.35. The topological polar surface area (TPSA) is 50.8 Å². The third kappa shape index (κ3) is 3.93. The molecule has 0 aromatic heterocycles. The fourth-order valence-electron chi connectivity index (χ4n) is 3.46. The molecule has 0 saturated carbocycles. The Hall–Kier alpha value is -2.69. The Morgan fingerprint density at radius 2 is 1.93 bits per heavy atom. The predicted octanol–water partition coefficient (Wildman–Crippen LogP) is 5.24. The minimum atomic E-state index is -0.254. The zero-order valence-corrected chi connectivity index (χ0v) is 17.2. The highest BCUT2D eigenvalue weighted by Crippen LogP contribution is 2.38. The van der Waals surface area contributed by atoms with Crippen molar-refractivity contribution in [2.75, 3.05) is 19.0 Å². The van der Waals surface area contributed by atoms with Crippen molar-refractivity contribution in [3.8, 4) is 11.5 Å². The number of rotatable bonds is 8. The number of unbranched alkanes of at least 4 members (excludes halogenated alkanes) is 1. The third-order valence-corrected chi connectivity index (χ3v) is 5.29. The average molecular weight is 383 g/mol. The molecule has 1 N–H and O–H groups in total. The maximum absolute atomic E-state index is 13.2. The van der Waals surface area contributed by atoms with Crippen molar-refractivity contribution in [1.29, 1.82) is 0 Å². The van der Waals surface area contributed by atoms with Crippen LogP contribution in [0.25, 0.3) is 0 Å². The molecule has 0 saturated heterocycles. The first-order chi connectivity index (χ1) is 13.6. The van der Waals surface area contributed by atoms with Gasteiger partial charge in [0.15, 0.2) is 11.5 Å². The van der Waals surface area contributed by atoms with E-state index in [1.807, 2.05) is 47.4 Å². The highest BCUT2D eigenvalue weighted by atomic mass is 16.5. The van der Waals surface area contributed by atoms with Crippen LogP contribution in [-0.4, -0.2) is 30.6 Å². The summed E-state index contributed by atoms with van der Waals surface area (Å²) in [5, 5.41) is 3.54. The largest absolute Gasteiger partial charge is 0.493 e. The quantitative estimate of drug-likeness (QED) is 0.635. The van der Waals surface area contributed by atoms with E-state index in [2.05, 4.69) is 26.1 Å². The number of ether oxygens (including phenoxy) is 2. The third-order valence-electron chi connectivity index (χ3n) is 5.29. The molecule has 1 aliphatic rings. The Morgan fingerprint density at radius 3 is 2.64 bits per heavy atom. The van der Waals surface area contributed by atoms with Crippen LogP contribution in [0.1, 0.15) is 62.1 Å². The number of amides is 1. The van der Waals surface area contributed by atoms with Gasteiger partial charge in [-0.25, -0.2) is 0 Å². The normalized spacial score (nSPS) is 16.9. The maximum Gasteiger partial charge on any atom is 0.258 e. The fourth-order valence-corrected chi connectivity index (χ4v) is 3.46. The molecular weight excluding hydrogens is 352 g/mol. The first-order valence-electron chi connectivity index (χ1n) is 10.1. The molecule has 5 heteroatoms. The molecule has 28 heavy (non-hydrogen) atoms. The Balaban J connectivity index is 1.96. The first-order valence-corrected chi connectivity index (χ1v) is 10.1. The first kappa shape index (κ1) is 20.1. The molecule has 1 heterocycles. The molecule has 0 spiro atoms. The second kappa shape index (κ2) is 9.00. The molecule has 2 unspecified atom stereocenters. The maximum atomic E-state index is 13.2. The van der Waals surface area contributed by atoms with Crippen molar-refractivity contribution < 1.29 is 14.3 Å². The lowest BCUT2D eigenvalue weighted by Crippen LogP contribution is -2.47. The van der Waals surface area contributed by atoms with Gasteiger partial charge in [-0.3, -0.25) is 4.79 Å². The molecule has 1 amide bonds. The molecule has 1 aliphatic heterocycles. The number of benzene rings is 2. The van der Waals surface area contributed by atoms with E-state index in [0.717, 1.165) is 36.3 Å². The summed E-state index contributed by atoms with van der Waals surface area (Å²) in [4.78, 5) is 15.2. The van der Waals surface area contributed by atoms with Crippen molar-refractivity contribution >= 4 is 11.6 Å². The van der Waals surface area contributed by atoms with Crippen LogP contribution >= 0.6 is 0 Å². The van der Waals surface area contributed by atoms with Crippen LogP contribution in [0.2, 0.25) is 0 Å². The molecule has 0 aliphatic carbocycles. The van der Waals surface area contributed by atoms with Gasteiger partial charge in [-0.05, 0) is 49.6 Å². The van der Waals surface area contributed by atoms with E-state index in [4.69, 9.17) is 9.47 Å². The van der Waals surface area contributed by atoms with Gasteiger partial charge in [-0.1, -0.05) is 38.5 Å². The van der Waals surface area contributed by atoms with Gasteiger partial charge in [0.1, 0.15) is 6.17 Å². The molecule has 0 radical (unpaired) electrons. The van der Waals surface area contributed by atoms with Gasteiger partial charge < -0.3 is 19.7 Å². The fraction of sp³-hybridized carbons (Fsp3) is 0.435. The second-order valence-electron chi connectivity index (χ2n) is 7.17. The number of para-hydroxylation sites is 1. The molecule has 2 aromatic carbocycles. The number of anilines is 1. The van der Waals surface area contributed by atoms with Gasteiger partial charge in [0, 0.05) is 11.7 Å². The molecular formula is C23H30N2O3. The number of nitrogens with one attached hydrogen (secondary N) is 1. The van der Waals surface area contributed by atoms with Gasteiger partial charge in [-0.2, -0.15) is 0 Å². The Morgan fingerprint density at radius 1 is 1.14 bits per heavy atom. The SMILES string of the molecule is CCCCOc1ccc(C2Nc3ccccc3C(=O)N2C(C)CC)cc1OC. The van der Waals surface area contributed by atoms with E-state index < -0.39 is 0 Å². The average Bonchev–Trinajstić information content (AvgIpc) is 2.73. The number of hydrogen-bond donors (Lipinski definition) is 1. The van der Waals surface area contributed by atoms with E-state index in [1.54, 1.807) is 7.11 Å². The van der Waals surface area contributed by atoms with Crippen LogP contribution in [0.3, 0.4) is 0 Å². The summed E-state index contributed by atoms with van der Waals surface area (Å²) in [7, 11) is 1.65. The zero-order chi connectivity index (χ0) is 20.1. The lowest BCUT2D eigenvalue weighted by Gasteiger charge is -2.41. The van der Waals surface area contributed by atoms with Crippen LogP contribution in [0.5, 0.6) is 11.5 Å². The van der Waals surface area contributed by atoms with Gasteiger partial charge in [0.25, 0.3) is 5.91 Å². The monoisotopic (exact) mass is 382 g/mol. The number of carbonyl (C=O) groups excluding carboxylic acids is 1. The lowest BCUT2D eigenvalue weighted by molar-refractivity contribution is 0.0593. The number of nitrogens with zero attached hydrogens (tertiary/aromatic N) is 1. The van der Waals surface area contributed by atoms with Crippen molar-refractivity contribution in [3.05, 3.63) is 53.6 Å². The summed E-state index contributed by atoms with van der Waals surface area (Å²) in [6.07, 6.45) is 2.71. The zero-order valence-electron chi connectivity index (χ0n) is 17.2. The molecule has 2 aromatic rings. The van der Waals surface area contributed by atoms with Crippen molar-refractivity contribution in [2.24, 2.45) is 0 Å². The lowest BCUT2D eigenvalue weighted by atomic mass is 10.0. The van der Waals surface area contributed by atoms with Gasteiger partial charge in [-0.15, -0.1) is 0 Å². The number of fused-ring (bicyclic) bond motifs is 1. The second-order valence-corrected chi connectivity index (χ2v) is 7.17. The van der Waals surface area contributed by atoms with Crippen molar-refractivity contribution in [2.45, 2.75) is 52.2 Å². The summed E-state index contributed by atoms with van der Waals surface area (Å²) >= 11 is 0. The Labute approximate surface area is 167 Å². The molecule has 0 fully saturated rings. The summed E-state index contributed by atoms with van der Waals surface area (Å²) in [5.74, 6) is 1.47. The molecule has 2 atom stereocenters. The molecule has 5 nitrogen and oxygen atoms in total. The molecule has 3 rings (SSSR count). The highest BCUT2D eigenvalue weighted by molar-refractivity contribution is 6.01. The van der Waals surface area contributed by atoms with Crippen molar-refractivity contribution in [3.63, 3.8) is 0 Å². The van der Waals surface area contributed by atoms with Crippen LogP contribution in [0, 0.1) is 0 Å². The van der Waals surface area contributed by atoms with Gasteiger partial charge >= 0.3 is 0 Å². The minimum absolute atomic E-state index is 0.0518. The van der Waals surface area contributed by atoms with E-state index >= 15 is 0 Å². The van der Waals surface area contributed by atoms with Crippen LogP contribution in [-0.2, 0) is 0 Å². The Kier molecular flexibility index (Phi) is 6.45. The van der Waals surface area contributed by atoms with E-state index in [1.165, 1.54) is 0 Å². The number of methoxy groups -OCH3 is 1. The number of hydrogen-bond acceptors (Lipinski definition) is 4. The van der Waals surface area contributed by atoms with Gasteiger partial charge in [0.05, 0.1) is 19.3 Å². The summed E-state index contributed by atoms with van der Waals surface area (Å²) in [6.45, 7) is 6.98.